The zero-order chi connectivity index (χ0) is 9.78. The summed E-state index contributed by atoms with van der Waals surface area (Å²) in [6.45, 7) is 10.4. The Bertz CT molecular complexity index is 147. The highest BCUT2D eigenvalue weighted by Crippen LogP contribution is 2.25. The second-order valence-corrected chi connectivity index (χ2v) is 4.38. The highest BCUT2D eigenvalue weighted by molar-refractivity contribution is 5.84. The van der Waals surface area contributed by atoms with Crippen LogP contribution in [0.4, 0.5) is 0 Å². The quantitative estimate of drug-likeness (QED) is 0.618. The molecule has 0 N–H and O–H groups in total. The number of rotatable bonds is 5. The molecule has 1 unspecified atom stereocenters. The summed E-state index contributed by atoms with van der Waals surface area (Å²) in [6, 6.07) is 0. The lowest BCUT2D eigenvalue weighted by Crippen LogP contribution is -2.24. The first kappa shape index (κ1) is 11.7. The van der Waals surface area contributed by atoms with Crippen LogP contribution in [0.5, 0.6) is 0 Å². The van der Waals surface area contributed by atoms with Crippen molar-refractivity contribution in [3.63, 3.8) is 0 Å². The minimum absolute atomic E-state index is 0.108. The third kappa shape index (κ3) is 3.38. The number of hydrogen-bond acceptors (Lipinski definition) is 1. The van der Waals surface area contributed by atoms with Gasteiger partial charge in [-0.1, -0.05) is 41.0 Å². The smallest absolute Gasteiger partial charge is 0.138 e. The number of Topliss-reactive ketones (excluding diaryl/α,β-unsaturated/α-hetero) is 1. The van der Waals surface area contributed by atoms with Crippen LogP contribution in [0.1, 0.15) is 53.9 Å². The Balaban J connectivity index is 4.03. The summed E-state index contributed by atoms with van der Waals surface area (Å²) in [4.78, 5) is 11.7. The van der Waals surface area contributed by atoms with Gasteiger partial charge in [-0.25, -0.2) is 0 Å². The summed E-state index contributed by atoms with van der Waals surface area (Å²) in [6.07, 6.45) is 2.80. The summed E-state index contributed by atoms with van der Waals surface area (Å²) >= 11 is 0. The van der Waals surface area contributed by atoms with E-state index in [4.69, 9.17) is 0 Å². The first-order valence-electron chi connectivity index (χ1n) is 4.97. The van der Waals surface area contributed by atoms with Crippen LogP contribution in [-0.2, 0) is 4.79 Å². The molecule has 0 aromatic rings. The molecule has 0 aliphatic heterocycles. The number of hydrogen-bond donors (Lipinski definition) is 0. The van der Waals surface area contributed by atoms with E-state index in [1.165, 1.54) is 0 Å². The van der Waals surface area contributed by atoms with Gasteiger partial charge in [0.2, 0.25) is 0 Å². The highest BCUT2D eigenvalue weighted by atomic mass is 16.1. The molecule has 0 amide bonds. The maximum Gasteiger partial charge on any atom is 0.138 e. The van der Waals surface area contributed by atoms with Crippen molar-refractivity contribution in [1.82, 2.24) is 0 Å². The van der Waals surface area contributed by atoms with Crippen molar-refractivity contribution < 1.29 is 4.79 Å². The Labute approximate surface area is 76.6 Å². The van der Waals surface area contributed by atoms with Gasteiger partial charge in [-0.05, 0) is 12.3 Å². The summed E-state index contributed by atoms with van der Waals surface area (Å²) in [5.41, 5.74) is -0.108. The zero-order valence-electron chi connectivity index (χ0n) is 9.11. The molecular weight excluding hydrogens is 148 g/mol. The van der Waals surface area contributed by atoms with Crippen LogP contribution in [0.15, 0.2) is 0 Å². The number of carbonyl (C=O) groups is 1. The van der Waals surface area contributed by atoms with Gasteiger partial charge >= 0.3 is 0 Å². The van der Waals surface area contributed by atoms with Crippen molar-refractivity contribution >= 4 is 5.78 Å². The molecule has 0 radical (unpaired) electrons. The summed E-state index contributed by atoms with van der Waals surface area (Å²) < 4.78 is 0. The topological polar surface area (TPSA) is 17.1 Å². The second kappa shape index (κ2) is 4.64. The van der Waals surface area contributed by atoms with Gasteiger partial charge in [-0.15, -0.1) is 0 Å². The maximum atomic E-state index is 11.7. The average molecular weight is 170 g/mol. The van der Waals surface area contributed by atoms with Gasteiger partial charge in [0.1, 0.15) is 5.78 Å². The normalized spacial score (nSPS) is 14.4. The van der Waals surface area contributed by atoms with Crippen molar-refractivity contribution in [1.29, 1.82) is 0 Å². The standard InChI is InChI=1S/C11H22O/c1-6-9(3)8-10(12)11(4,5)7-2/h9H,6-8H2,1-5H3. The van der Waals surface area contributed by atoms with E-state index in [0.29, 0.717) is 11.7 Å². The Kier molecular flexibility index (Phi) is 4.51. The van der Waals surface area contributed by atoms with E-state index in [1.807, 2.05) is 13.8 Å². The predicted molar refractivity (Wildman–Crippen MR) is 53.2 cm³/mol. The fourth-order valence-electron chi connectivity index (χ4n) is 0.934. The van der Waals surface area contributed by atoms with Crippen molar-refractivity contribution in [3.05, 3.63) is 0 Å². The maximum absolute atomic E-state index is 11.7. The second-order valence-electron chi connectivity index (χ2n) is 4.38. The third-order valence-electron chi connectivity index (χ3n) is 2.87. The van der Waals surface area contributed by atoms with Gasteiger partial charge in [-0.2, -0.15) is 0 Å². The van der Waals surface area contributed by atoms with E-state index >= 15 is 0 Å². The van der Waals surface area contributed by atoms with E-state index in [-0.39, 0.29) is 5.41 Å². The molecule has 0 bridgehead atoms. The van der Waals surface area contributed by atoms with Crippen LogP contribution in [0.25, 0.3) is 0 Å². The first-order chi connectivity index (χ1) is 5.44. The van der Waals surface area contributed by atoms with Gasteiger partial charge in [0.05, 0.1) is 0 Å². The molecule has 0 saturated carbocycles. The van der Waals surface area contributed by atoms with Gasteiger partial charge in [0.25, 0.3) is 0 Å². The Morgan fingerprint density at radius 2 is 1.83 bits per heavy atom. The molecule has 0 fully saturated rings. The fourth-order valence-corrected chi connectivity index (χ4v) is 0.934. The van der Waals surface area contributed by atoms with Crippen molar-refractivity contribution in [3.8, 4) is 0 Å². The molecular formula is C11H22O. The van der Waals surface area contributed by atoms with Crippen LogP contribution >= 0.6 is 0 Å². The highest BCUT2D eigenvalue weighted by Gasteiger charge is 2.25. The summed E-state index contributed by atoms with van der Waals surface area (Å²) in [7, 11) is 0. The summed E-state index contributed by atoms with van der Waals surface area (Å²) in [5, 5.41) is 0. The Morgan fingerprint density at radius 3 is 2.17 bits per heavy atom. The summed E-state index contributed by atoms with van der Waals surface area (Å²) in [5.74, 6) is 0.961. The lowest BCUT2D eigenvalue weighted by atomic mass is 9.81. The van der Waals surface area contributed by atoms with E-state index in [0.717, 1.165) is 19.3 Å². The van der Waals surface area contributed by atoms with E-state index in [9.17, 15) is 4.79 Å². The van der Waals surface area contributed by atoms with E-state index < -0.39 is 0 Å². The first-order valence-corrected chi connectivity index (χ1v) is 4.97. The molecule has 1 atom stereocenters. The minimum atomic E-state index is -0.108. The van der Waals surface area contributed by atoms with Crippen LogP contribution in [0.3, 0.4) is 0 Å². The molecule has 0 aromatic carbocycles. The van der Waals surface area contributed by atoms with Gasteiger partial charge in [0.15, 0.2) is 0 Å². The molecule has 1 heteroatoms. The van der Waals surface area contributed by atoms with Crippen LogP contribution < -0.4 is 0 Å². The van der Waals surface area contributed by atoms with Crippen molar-refractivity contribution in [2.45, 2.75) is 53.9 Å². The molecule has 0 heterocycles. The van der Waals surface area contributed by atoms with Crippen molar-refractivity contribution in [2.75, 3.05) is 0 Å². The zero-order valence-corrected chi connectivity index (χ0v) is 9.11. The van der Waals surface area contributed by atoms with Crippen LogP contribution in [-0.4, -0.2) is 5.78 Å². The largest absolute Gasteiger partial charge is 0.299 e. The van der Waals surface area contributed by atoms with Gasteiger partial charge in [-0.3, -0.25) is 4.79 Å². The lowest BCUT2D eigenvalue weighted by molar-refractivity contribution is -0.128. The number of carbonyl (C=O) groups excluding carboxylic acids is 1. The Hall–Kier alpha value is -0.330. The van der Waals surface area contributed by atoms with Gasteiger partial charge in [0, 0.05) is 11.8 Å². The molecule has 72 valence electrons. The molecule has 0 spiro atoms. The van der Waals surface area contributed by atoms with Gasteiger partial charge < -0.3 is 0 Å². The molecule has 0 aliphatic carbocycles. The van der Waals surface area contributed by atoms with E-state index in [2.05, 4.69) is 20.8 Å². The van der Waals surface area contributed by atoms with E-state index in [1.54, 1.807) is 0 Å². The molecule has 1 nitrogen and oxygen atoms in total. The fraction of sp³-hybridized carbons (Fsp3) is 0.909. The molecule has 12 heavy (non-hydrogen) atoms. The monoisotopic (exact) mass is 170 g/mol. The lowest BCUT2D eigenvalue weighted by Gasteiger charge is -2.22. The molecule has 0 aromatic heterocycles. The minimum Gasteiger partial charge on any atom is -0.299 e. The van der Waals surface area contributed by atoms with Crippen LogP contribution in [0.2, 0.25) is 0 Å². The SMILES string of the molecule is CCC(C)CC(=O)C(C)(C)CC. The average Bonchev–Trinajstić information content (AvgIpc) is 2.04. The third-order valence-corrected chi connectivity index (χ3v) is 2.87. The van der Waals surface area contributed by atoms with Crippen LogP contribution in [0, 0.1) is 11.3 Å². The van der Waals surface area contributed by atoms with Crippen molar-refractivity contribution in [2.24, 2.45) is 11.3 Å². The molecule has 0 aliphatic rings. The predicted octanol–water partition coefficient (Wildman–Crippen LogP) is 3.43. The Morgan fingerprint density at radius 1 is 1.33 bits per heavy atom. The molecule has 0 saturated heterocycles. The molecule has 0 rings (SSSR count). The number of ketones is 1.